The summed E-state index contributed by atoms with van der Waals surface area (Å²) in [6.07, 6.45) is 2.09. The molecule has 2 amide bonds. The Hall–Kier alpha value is -1.89. The first-order valence-corrected chi connectivity index (χ1v) is 7.76. The van der Waals surface area contributed by atoms with Gasteiger partial charge in [0.25, 0.3) is 5.91 Å². The Morgan fingerprint density at radius 3 is 2.71 bits per heavy atom. The number of carboxylic acids is 1. The Balaban J connectivity index is 2.29. The smallest absolute Gasteiger partial charge is 0.326 e. The summed E-state index contributed by atoms with van der Waals surface area (Å²) in [6.45, 7) is 2.14. The highest BCUT2D eigenvalue weighted by Gasteiger charge is 2.19. The van der Waals surface area contributed by atoms with Gasteiger partial charge in [-0.25, -0.2) is 4.79 Å². The van der Waals surface area contributed by atoms with Gasteiger partial charge in [-0.1, -0.05) is 25.8 Å². The van der Waals surface area contributed by atoms with Crippen molar-refractivity contribution in [2.45, 2.75) is 38.6 Å². The molecule has 0 fully saturated rings. The van der Waals surface area contributed by atoms with Crippen LogP contribution in [0.5, 0.6) is 0 Å². The van der Waals surface area contributed by atoms with E-state index in [9.17, 15) is 14.4 Å². The summed E-state index contributed by atoms with van der Waals surface area (Å²) in [6, 6.07) is 2.62. The monoisotopic (exact) mass is 312 g/mol. The van der Waals surface area contributed by atoms with Gasteiger partial charge in [-0.3, -0.25) is 9.59 Å². The molecule has 0 saturated heterocycles. The normalized spacial score (nSPS) is 11.7. The molecule has 0 saturated carbocycles. The van der Waals surface area contributed by atoms with Gasteiger partial charge in [0.15, 0.2) is 0 Å². The molecule has 1 aromatic heterocycles. The maximum Gasteiger partial charge on any atom is 0.326 e. The summed E-state index contributed by atoms with van der Waals surface area (Å²) < 4.78 is 0. The Kier molecular flexibility index (Phi) is 7.45. The number of carbonyl (C=O) groups excluding carboxylic acids is 2. The molecule has 0 spiro atoms. The molecule has 0 aromatic carbocycles. The van der Waals surface area contributed by atoms with Crippen molar-refractivity contribution in [2.24, 2.45) is 0 Å². The van der Waals surface area contributed by atoms with Crippen LogP contribution < -0.4 is 10.6 Å². The lowest BCUT2D eigenvalue weighted by Crippen LogP contribution is -2.41. The van der Waals surface area contributed by atoms with Crippen LogP contribution in [0.1, 0.15) is 42.3 Å². The molecule has 1 aromatic rings. The average Bonchev–Trinajstić information content (AvgIpc) is 2.97. The topological polar surface area (TPSA) is 95.5 Å². The summed E-state index contributed by atoms with van der Waals surface area (Å²) in [5, 5.41) is 15.9. The molecule has 1 atom stereocenters. The van der Waals surface area contributed by atoms with E-state index in [4.69, 9.17) is 5.11 Å². The standard InChI is InChI=1S/C14H20N2O4S/c1-2-3-5-10(14(19)20)16-12(17)7-8-15-13(18)11-6-4-9-21-11/h4,6,9-10H,2-3,5,7-8H2,1H3,(H,15,18)(H,16,17)(H,19,20)/t10-/m0/s1. The number of rotatable bonds is 9. The van der Waals surface area contributed by atoms with Crippen molar-refractivity contribution in [3.05, 3.63) is 22.4 Å². The van der Waals surface area contributed by atoms with Crippen molar-refractivity contribution >= 4 is 29.1 Å². The lowest BCUT2D eigenvalue weighted by Gasteiger charge is -2.14. The molecule has 0 unspecified atom stereocenters. The van der Waals surface area contributed by atoms with Crippen LogP contribution >= 0.6 is 11.3 Å². The predicted octanol–water partition coefficient (Wildman–Crippen LogP) is 1.63. The summed E-state index contributed by atoms with van der Waals surface area (Å²) in [7, 11) is 0. The zero-order chi connectivity index (χ0) is 15.7. The first-order valence-electron chi connectivity index (χ1n) is 6.88. The zero-order valence-electron chi connectivity index (χ0n) is 11.9. The minimum Gasteiger partial charge on any atom is -0.480 e. The minimum atomic E-state index is -1.03. The molecule has 0 bridgehead atoms. The summed E-state index contributed by atoms with van der Waals surface area (Å²) in [4.78, 5) is 34.9. The summed E-state index contributed by atoms with van der Waals surface area (Å²) in [5.41, 5.74) is 0. The van der Waals surface area contributed by atoms with Crippen molar-refractivity contribution in [1.29, 1.82) is 0 Å². The van der Waals surface area contributed by atoms with Crippen LogP contribution in [0.2, 0.25) is 0 Å². The Labute approximate surface area is 127 Å². The zero-order valence-corrected chi connectivity index (χ0v) is 12.7. The van der Waals surface area contributed by atoms with Crippen molar-refractivity contribution in [3.63, 3.8) is 0 Å². The van der Waals surface area contributed by atoms with Crippen molar-refractivity contribution < 1.29 is 19.5 Å². The van der Waals surface area contributed by atoms with Crippen LogP contribution in [-0.4, -0.2) is 35.5 Å². The number of unbranched alkanes of at least 4 members (excludes halogenated alkanes) is 1. The highest BCUT2D eigenvalue weighted by Crippen LogP contribution is 2.07. The SMILES string of the molecule is CCCC[C@H](NC(=O)CCNC(=O)c1cccs1)C(=O)O. The van der Waals surface area contributed by atoms with E-state index in [1.54, 1.807) is 17.5 Å². The number of hydrogen-bond donors (Lipinski definition) is 3. The molecule has 7 heteroatoms. The lowest BCUT2D eigenvalue weighted by atomic mass is 10.1. The number of amides is 2. The third-order valence-corrected chi connectivity index (χ3v) is 3.73. The predicted molar refractivity (Wildman–Crippen MR) is 80.4 cm³/mol. The molecule has 3 N–H and O–H groups in total. The second-order valence-corrected chi connectivity index (χ2v) is 5.53. The second-order valence-electron chi connectivity index (χ2n) is 4.58. The first kappa shape index (κ1) is 17.2. The summed E-state index contributed by atoms with van der Waals surface area (Å²) in [5.74, 6) is -1.62. The second kappa shape index (κ2) is 9.12. The molecule has 21 heavy (non-hydrogen) atoms. The van der Waals surface area contributed by atoms with E-state index in [0.29, 0.717) is 11.3 Å². The maximum atomic E-state index is 11.7. The third-order valence-electron chi connectivity index (χ3n) is 2.86. The quantitative estimate of drug-likeness (QED) is 0.646. The van der Waals surface area contributed by atoms with Gasteiger partial charge in [-0.05, 0) is 17.9 Å². The van der Waals surface area contributed by atoms with Crippen molar-refractivity contribution in [2.75, 3.05) is 6.54 Å². The van der Waals surface area contributed by atoms with Gasteiger partial charge in [-0.15, -0.1) is 11.3 Å². The fraction of sp³-hybridized carbons (Fsp3) is 0.500. The minimum absolute atomic E-state index is 0.0625. The van der Waals surface area contributed by atoms with E-state index in [1.807, 2.05) is 6.92 Å². The van der Waals surface area contributed by atoms with Crippen LogP contribution in [0, 0.1) is 0 Å². The number of thiophene rings is 1. The number of carboxylic acid groups (broad SMARTS) is 1. The van der Waals surface area contributed by atoms with Gasteiger partial charge >= 0.3 is 5.97 Å². The Bertz CT molecular complexity index is 473. The number of nitrogens with one attached hydrogen (secondary N) is 2. The van der Waals surface area contributed by atoms with Gasteiger partial charge in [0.1, 0.15) is 6.04 Å². The van der Waals surface area contributed by atoms with Gasteiger partial charge < -0.3 is 15.7 Å². The van der Waals surface area contributed by atoms with Crippen LogP contribution in [0.25, 0.3) is 0 Å². The van der Waals surface area contributed by atoms with Gasteiger partial charge in [0, 0.05) is 13.0 Å². The van der Waals surface area contributed by atoms with Crippen LogP contribution in [-0.2, 0) is 9.59 Å². The first-order chi connectivity index (χ1) is 10.0. The van der Waals surface area contributed by atoms with E-state index in [-0.39, 0.29) is 24.8 Å². The van der Waals surface area contributed by atoms with Crippen LogP contribution in [0.3, 0.4) is 0 Å². The van der Waals surface area contributed by atoms with E-state index < -0.39 is 12.0 Å². The molecule has 0 aliphatic rings. The van der Waals surface area contributed by atoms with Crippen LogP contribution in [0.15, 0.2) is 17.5 Å². The molecule has 6 nitrogen and oxygen atoms in total. The molecular formula is C14H20N2O4S. The number of hydrogen-bond acceptors (Lipinski definition) is 4. The van der Waals surface area contributed by atoms with Crippen LogP contribution in [0.4, 0.5) is 0 Å². The lowest BCUT2D eigenvalue weighted by molar-refractivity contribution is -0.142. The average molecular weight is 312 g/mol. The van der Waals surface area contributed by atoms with Gasteiger partial charge in [-0.2, -0.15) is 0 Å². The van der Waals surface area contributed by atoms with Gasteiger partial charge in [0.05, 0.1) is 4.88 Å². The van der Waals surface area contributed by atoms with Crippen molar-refractivity contribution in [3.8, 4) is 0 Å². The van der Waals surface area contributed by atoms with E-state index in [2.05, 4.69) is 10.6 Å². The van der Waals surface area contributed by atoms with E-state index in [1.165, 1.54) is 11.3 Å². The molecule has 0 radical (unpaired) electrons. The van der Waals surface area contributed by atoms with Crippen molar-refractivity contribution in [1.82, 2.24) is 10.6 Å². The molecule has 1 heterocycles. The molecule has 0 aliphatic carbocycles. The number of carbonyl (C=O) groups is 3. The molecular weight excluding hydrogens is 292 g/mol. The van der Waals surface area contributed by atoms with Gasteiger partial charge in [0.2, 0.25) is 5.91 Å². The summed E-state index contributed by atoms with van der Waals surface area (Å²) >= 11 is 1.32. The fourth-order valence-electron chi connectivity index (χ4n) is 1.72. The van der Waals surface area contributed by atoms with E-state index in [0.717, 1.165) is 12.8 Å². The maximum absolute atomic E-state index is 11.7. The molecule has 0 aliphatic heterocycles. The fourth-order valence-corrected chi connectivity index (χ4v) is 2.36. The highest BCUT2D eigenvalue weighted by atomic mass is 32.1. The Morgan fingerprint density at radius 2 is 2.14 bits per heavy atom. The molecule has 1 rings (SSSR count). The largest absolute Gasteiger partial charge is 0.480 e. The third kappa shape index (κ3) is 6.40. The highest BCUT2D eigenvalue weighted by molar-refractivity contribution is 7.12. The Morgan fingerprint density at radius 1 is 1.38 bits per heavy atom. The number of aliphatic carboxylic acids is 1. The molecule has 116 valence electrons. The van der Waals surface area contributed by atoms with E-state index >= 15 is 0 Å².